The van der Waals surface area contributed by atoms with Gasteiger partial charge in [0.05, 0.1) is 6.61 Å². The van der Waals surface area contributed by atoms with Gasteiger partial charge >= 0.3 is 0 Å². The van der Waals surface area contributed by atoms with Gasteiger partial charge in [0, 0.05) is 32.3 Å². The molecule has 1 aliphatic carbocycles. The molecule has 2 aliphatic rings. The van der Waals surface area contributed by atoms with Gasteiger partial charge in [0.2, 0.25) is 0 Å². The van der Waals surface area contributed by atoms with E-state index in [4.69, 9.17) is 4.74 Å². The summed E-state index contributed by atoms with van der Waals surface area (Å²) >= 11 is 0. The molecule has 2 rings (SSSR count). The number of rotatable bonds is 8. The first-order chi connectivity index (χ1) is 10.2. The van der Waals surface area contributed by atoms with E-state index in [-0.39, 0.29) is 0 Å². The summed E-state index contributed by atoms with van der Waals surface area (Å²) in [4.78, 5) is 2.74. The average molecular weight is 296 g/mol. The van der Waals surface area contributed by atoms with Crippen LogP contribution in [-0.2, 0) is 4.74 Å². The molecule has 0 aromatic rings. The topological polar surface area (TPSA) is 24.5 Å². The molecule has 3 nitrogen and oxygen atoms in total. The van der Waals surface area contributed by atoms with Crippen molar-refractivity contribution < 1.29 is 4.74 Å². The molecule has 2 fully saturated rings. The highest BCUT2D eigenvalue weighted by Gasteiger charge is 2.29. The van der Waals surface area contributed by atoms with Crippen LogP contribution in [0.2, 0.25) is 0 Å². The minimum absolute atomic E-state index is 0.715. The fourth-order valence-corrected chi connectivity index (χ4v) is 4.30. The van der Waals surface area contributed by atoms with E-state index in [1.54, 1.807) is 0 Å². The zero-order valence-corrected chi connectivity index (χ0v) is 14.4. The summed E-state index contributed by atoms with van der Waals surface area (Å²) in [5.41, 5.74) is 0. The molecule has 1 aliphatic heterocycles. The third kappa shape index (κ3) is 5.88. The molecule has 3 atom stereocenters. The van der Waals surface area contributed by atoms with Crippen LogP contribution in [0, 0.1) is 11.8 Å². The van der Waals surface area contributed by atoms with Gasteiger partial charge < -0.3 is 10.1 Å². The first-order valence-corrected chi connectivity index (χ1v) is 9.15. The third-order valence-electron chi connectivity index (χ3n) is 5.28. The van der Waals surface area contributed by atoms with Crippen molar-refractivity contribution in [1.82, 2.24) is 10.2 Å². The van der Waals surface area contributed by atoms with Crippen molar-refractivity contribution in [3.63, 3.8) is 0 Å². The zero-order valence-electron chi connectivity index (χ0n) is 14.4. The Kier molecular flexibility index (Phi) is 7.48. The molecule has 1 heterocycles. The molecule has 3 heteroatoms. The van der Waals surface area contributed by atoms with Gasteiger partial charge in [0.1, 0.15) is 0 Å². The van der Waals surface area contributed by atoms with Crippen LogP contribution in [-0.4, -0.2) is 50.3 Å². The van der Waals surface area contributed by atoms with Crippen LogP contribution in [0.1, 0.15) is 58.8 Å². The van der Waals surface area contributed by atoms with Crippen LogP contribution < -0.4 is 5.32 Å². The van der Waals surface area contributed by atoms with Gasteiger partial charge in [-0.1, -0.05) is 26.7 Å². The minimum atomic E-state index is 0.715. The highest BCUT2D eigenvalue weighted by atomic mass is 16.5. The molecular formula is C18H36N2O. The zero-order chi connectivity index (χ0) is 15.1. The first kappa shape index (κ1) is 17.2. The number of nitrogens with zero attached hydrogens (tertiary/aromatic N) is 1. The van der Waals surface area contributed by atoms with Crippen molar-refractivity contribution in [2.24, 2.45) is 11.8 Å². The Bertz CT molecular complexity index is 276. The summed E-state index contributed by atoms with van der Waals surface area (Å²) < 4.78 is 5.36. The maximum Gasteiger partial charge on any atom is 0.0589 e. The summed E-state index contributed by atoms with van der Waals surface area (Å²) in [5.74, 6) is 1.79. The molecule has 1 saturated heterocycles. The van der Waals surface area contributed by atoms with E-state index >= 15 is 0 Å². The summed E-state index contributed by atoms with van der Waals surface area (Å²) in [6.07, 6.45) is 9.79. The van der Waals surface area contributed by atoms with Gasteiger partial charge in [-0.3, -0.25) is 4.90 Å². The lowest BCUT2D eigenvalue weighted by Gasteiger charge is -2.39. The van der Waals surface area contributed by atoms with Gasteiger partial charge in [0.25, 0.3) is 0 Å². The molecule has 1 N–H and O–H groups in total. The Morgan fingerprint density at radius 2 is 2.05 bits per heavy atom. The van der Waals surface area contributed by atoms with Crippen LogP contribution in [0.15, 0.2) is 0 Å². The molecule has 21 heavy (non-hydrogen) atoms. The molecule has 0 amide bonds. The molecule has 3 unspecified atom stereocenters. The van der Waals surface area contributed by atoms with Gasteiger partial charge in [-0.05, 0) is 50.5 Å². The van der Waals surface area contributed by atoms with Crippen molar-refractivity contribution >= 4 is 0 Å². The van der Waals surface area contributed by atoms with E-state index in [2.05, 4.69) is 24.1 Å². The quantitative estimate of drug-likeness (QED) is 0.744. The molecule has 0 bridgehead atoms. The Labute approximate surface area is 131 Å². The van der Waals surface area contributed by atoms with E-state index < -0.39 is 0 Å². The summed E-state index contributed by atoms with van der Waals surface area (Å²) in [5, 5.41) is 3.66. The lowest BCUT2D eigenvalue weighted by atomic mass is 9.80. The van der Waals surface area contributed by atoms with E-state index in [1.165, 1.54) is 58.0 Å². The predicted molar refractivity (Wildman–Crippen MR) is 89.7 cm³/mol. The number of hydrogen-bond donors (Lipinski definition) is 1. The van der Waals surface area contributed by atoms with Gasteiger partial charge in [-0.2, -0.15) is 0 Å². The largest absolute Gasteiger partial charge is 0.383 e. The van der Waals surface area contributed by atoms with Crippen molar-refractivity contribution in [3.05, 3.63) is 0 Å². The molecule has 0 aromatic heterocycles. The second-order valence-electron chi connectivity index (χ2n) is 7.60. The molecule has 0 spiro atoms. The van der Waals surface area contributed by atoms with Gasteiger partial charge in [0.15, 0.2) is 0 Å². The predicted octanol–water partition coefficient (Wildman–Crippen LogP) is 3.29. The SMILES string of the molecule is COCCN(CC1CCCN1)C1CCCC(CC(C)C)C1. The number of methoxy groups -OCH3 is 1. The van der Waals surface area contributed by atoms with E-state index in [0.29, 0.717) is 6.04 Å². The smallest absolute Gasteiger partial charge is 0.0589 e. The molecular weight excluding hydrogens is 260 g/mol. The Morgan fingerprint density at radius 3 is 2.71 bits per heavy atom. The second-order valence-corrected chi connectivity index (χ2v) is 7.60. The van der Waals surface area contributed by atoms with Crippen LogP contribution in [0.25, 0.3) is 0 Å². The maximum atomic E-state index is 5.36. The highest BCUT2D eigenvalue weighted by Crippen LogP contribution is 2.32. The molecule has 124 valence electrons. The maximum absolute atomic E-state index is 5.36. The molecule has 0 radical (unpaired) electrons. The first-order valence-electron chi connectivity index (χ1n) is 9.15. The van der Waals surface area contributed by atoms with Crippen LogP contribution in [0.3, 0.4) is 0 Å². The van der Waals surface area contributed by atoms with Crippen LogP contribution in [0.5, 0.6) is 0 Å². The number of hydrogen-bond acceptors (Lipinski definition) is 3. The second kappa shape index (κ2) is 9.12. The molecule has 0 aromatic carbocycles. The summed E-state index contributed by atoms with van der Waals surface area (Å²) in [7, 11) is 1.83. The van der Waals surface area contributed by atoms with Crippen molar-refractivity contribution in [2.75, 3.05) is 33.4 Å². The van der Waals surface area contributed by atoms with Gasteiger partial charge in [-0.15, -0.1) is 0 Å². The van der Waals surface area contributed by atoms with Crippen molar-refractivity contribution in [3.8, 4) is 0 Å². The third-order valence-corrected chi connectivity index (χ3v) is 5.28. The van der Waals surface area contributed by atoms with Crippen LogP contribution in [0.4, 0.5) is 0 Å². The Hall–Kier alpha value is -0.120. The lowest BCUT2D eigenvalue weighted by Crippen LogP contribution is -2.46. The van der Waals surface area contributed by atoms with Crippen LogP contribution >= 0.6 is 0 Å². The van der Waals surface area contributed by atoms with Crippen molar-refractivity contribution in [2.45, 2.75) is 70.9 Å². The van der Waals surface area contributed by atoms with Gasteiger partial charge in [-0.25, -0.2) is 0 Å². The van der Waals surface area contributed by atoms with E-state index in [1.807, 2.05) is 7.11 Å². The number of nitrogens with one attached hydrogen (secondary N) is 1. The fraction of sp³-hybridized carbons (Fsp3) is 1.00. The normalized spacial score (nSPS) is 30.4. The average Bonchev–Trinajstić information content (AvgIpc) is 2.96. The number of ether oxygens (including phenoxy) is 1. The summed E-state index contributed by atoms with van der Waals surface area (Å²) in [6.45, 7) is 9.15. The molecule has 1 saturated carbocycles. The van der Waals surface area contributed by atoms with Crippen molar-refractivity contribution in [1.29, 1.82) is 0 Å². The minimum Gasteiger partial charge on any atom is -0.383 e. The standard InChI is InChI=1S/C18H36N2O/c1-15(2)12-16-6-4-8-18(13-16)20(10-11-21-3)14-17-7-5-9-19-17/h15-19H,4-14H2,1-3H3. The lowest BCUT2D eigenvalue weighted by molar-refractivity contribution is 0.0789. The van der Waals surface area contributed by atoms with E-state index in [9.17, 15) is 0 Å². The highest BCUT2D eigenvalue weighted by molar-refractivity contribution is 4.85. The Balaban J connectivity index is 1.87. The Morgan fingerprint density at radius 1 is 1.19 bits per heavy atom. The monoisotopic (exact) mass is 296 g/mol. The van der Waals surface area contributed by atoms with E-state index in [0.717, 1.165) is 31.0 Å². The summed E-state index contributed by atoms with van der Waals surface area (Å²) in [6, 6.07) is 1.51. The fourth-order valence-electron chi connectivity index (χ4n) is 4.30.